The van der Waals surface area contributed by atoms with Crippen molar-refractivity contribution in [3.63, 3.8) is 0 Å². The van der Waals surface area contributed by atoms with Gasteiger partial charge in [0.1, 0.15) is 5.75 Å². The molecule has 11 nitrogen and oxygen atoms in total. The maximum atomic E-state index is 11.1. The van der Waals surface area contributed by atoms with Gasteiger partial charge in [-0.3, -0.25) is 20.2 Å². The van der Waals surface area contributed by atoms with Crippen molar-refractivity contribution in [2.75, 3.05) is 14.2 Å². The van der Waals surface area contributed by atoms with Crippen molar-refractivity contribution in [3.05, 3.63) is 61.7 Å². The largest absolute Gasteiger partial charge is 0.507 e. The minimum Gasteiger partial charge on any atom is -0.507 e. The van der Waals surface area contributed by atoms with Crippen LogP contribution in [0.4, 0.5) is 22.7 Å². The fourth-order valence-electron chi connectivity index (χ4n) is 2.30. The molecule has 0 aliphatic heterocycles. The zero-order chi connectivity index (χ0) is 20.0. The summed E-state index contributed by atoms with van der Waals surface area (Å²) in [6.45, 7) is 0.229. The van der Waals surface area contributed by atoms with E-state index in [4.69, 9.17) is 9.47 Å². The van der Waals surface area contributed by atoms with Gasteiger partial charge in [-0.25, -0.2) is 0 Å². The predicted octanol–water partition coefficient (Wildman–Crippen LogP) is 3.92. The van der Waals surface area contributed by atoms with E-state index in [2.05, 4.69) is 10.2 Å². The summed E-state index contributed by atoms with van der Waals surface area (Å²) in [4.78, 5) is 20.4. The lowest BCUT2D eigenvalue weighted by molar-refractivity contribution is -0.393. The van der Waals surface area contributed by atoms with Gasteiger partial charge in [-0.1, -0.05) is 0 Å². The van der Waals surface area contributed by atoms with E-state index < -0.39 is 21.2 Å². The number of nitro benzene ring substituents is 2. The van der Waals surface area contributed by atoms with Crippen LogP contribution in [0, 0.1) is 20.2 Å². The topological polar surface area (TPSA) is 150 Å². The first kappa shape index (κ1) is 19.9. The highest BCUT2D eigenvalue weighted by Crippen LogP contribution is 2.34. The molecular weight excluding hydrogens is 360 g/mol. The van der Waals surface area contributed by atoms with E-state index in [-0.39, 0.29) is 24.7 Å². The number of rotatable bonds is 8. The van der Waals surface area contributed by atoms with E-state index in [0.717, 1.165) is 18.2 Å². The quantitative estimate of drug-likeness (QED) is 0.416. The summed E-state index contributed by atoms with van der Waals surface area (Å²) < 4.78 is 10.0. The van der Waals surface area contributed by atoms with Gasteiger partial charge in [-0.05, 0) is 18.2 Å². The van der Waals surface area contributed by atoms with E-state index in [0.29, 0.717) is 16.8 Å². The van der Waals surface area contributed by atoms with Crippen LogP contribution in [0.5, 0.6) is 5.75 Å². The lowest BCUT2D eigenvalue weighted by Gasteiger charge is -2.10. The summed E-state index contributed by atoms with van der Waals surface area (Å²) in [5, 5.41) is 39.9. The van der Waals surface area contributed by atoms with Crippen molar-refractivity contribution >= 4 is 22.7 Å². The molecule has 0 atom stereocenters. The van der Waals surface area contributed by atoms with Gasteiger partial charge in [-0.2, -0.15) is 5.11 Å². The Morgan fingerprint density at radius 3 is 2.04 bits per heavy atom. The van der Waals surface area contributed by atoms with Crippen LogP contribution in [-0.4, -0.2) is 29.2 Å². The number of aromatic hydroxyl groups is 1. The second-order valence-electron chi connectivity index (χ2n) is 5.37. The van der Waals surface area contributed by atoms with Crippen LogP contribution in [0.15, 0.2) is 40.6 Å². The van der Waals surface area contributed by atoms with Crippen LogP contribution < -0.4 is 0 Å². The Balaban J connectivity index is 2.45. The molecule has 0 spiro atoms. The molecular formula is C16H16N4O7. The van der Waals surface area contributed by atoms with Gasteiger partial charge in [0.25, 0.3) is 5.69 Å². The standard InChI is InChI=1S/C16H16N4O7/c1-26-8-10-5-12(6-11(9-27-2)16(10)21)17-18-14-4-3-13(19(22)23)7-15(14)20(24)25/h3-7,21H,8-9H2,1-2H3. The summed E-state index contributed by atoms with van der Waals surface area (Å²) in [7, 11) is 2.92. The Kier molecular flexibility index (Phi) is 6.46. The minimum absolute atomic E-state index is 0.000957. The minimum atomic E-state index is -0.773. The van der Waals surface area contributed by atoms with Crippen molar-refractivity contribution in [2.24, 2.45) is 10.2 Å². The van der Waals surface area contributed by atoms with Crippen LogP contribution in [0.2, 0.25) is 0 Å². The zero-order valence-electron chi connectivity index (χ0n) is 14.5. The van der Waals surface area contributed by atoms with Crippen molar-refractivity contribution < 1.29 is 24.4 Å². The molecule has 2 aromatic rings. The second kappa shape index (κ2) is 8.78. The van der Waals surface area contributed by atoms with Gasteiger partial charge in [-0.15, -0.1) is 5.11 Å². The second-order valence-corrected chi connectivity index (χ2v) is 5.37. The van der Waals surface area contributed by atoms with Crippen LogP contribution >= 0.6 is 0 Å². The number of non-ortho nitro benzene ring substituents is 1. The normalized spacial score (nSPS) is 11.0. The Bertz CT molecular complexity index is 871. The molecule has 0 aromatic heterocycles. The maximum absolute atomic E-state index is 11.1. The Labute approximate surface area is 153 Å². The molecule has 2 aromatic carbocycles. The highest BCUT2D eigenvalue weighted by Gasteiger charge is 2.19. The summed E-state index contributed by atoms with van der Waals surface area (Å²) in [6, 6.07) is 6.09. The van der Waals surface area contributed by atoms with Gasteiger partial charge >= 0.3 is 5.69 Å². The van der Waals surface area contributed by atoms with E-state index in [1.54, 1.807) is 0 Å². The van der Waals surface area contributed by atoms with Crippen LogP contribution in [0.25, 0.3) is 0 Å². The van der Waals surface area contributed by atoms with Crippen molar-refractivity contribution in [1.29, 1.82) is 0 Å². The smallest absolute Gasteiger partial charge is 0.303 e. The molecule has 0 fully saturated rings. The molecule has 0 saturated carbocycles. The molecule has 11 heteroatoms. The molecule has 142 valence electrons. The molecule has 1 N–H and O–H groups in total. The van der Waals surface area contributed by atoms with Crippen molar-refractivity contribution in [2.45, 2.75) is 13.2 Å². The molecule has 0 bridgehead atoms. The SMILES string of the molecule is COCc1cc(N=Nc2ccc([N+](=O)[O-])cc2[N+](=O)[O-])cc(COC)c1O. The summed E-state index contributed by atoms with van der Waals surface area (Å²) >= 11 is 0. The average Bonchev–Trinajstić information content (AvgIpc) is 2.63. The van der Waals surface area contributed by atoms with E-state index in [1.807, 2.05) is 0 Å². The van der Waals surface area contributed by atoms with Crippen molar-refractivity contribution in [1.82, 2.24) is 0 Å². The Hall–Kier alpha value is -3.44. The fourth-order valence-corrected chi connectivity index (χ4v) is 2.30. The number of ether oxygens (including phenoxy) is 2. The molecule has 0 saturated heterocycles. The molecule has 0 aliphatic rings. The van der Waals surface area contributed by atoms with Crippen LogP contribution in [0.1, 0.15) is 11.1 Å². The number of nitro groups is 2. The number of nitrogens with zero attached hydrogens (tertiary/aromatic N) is 4. The maximum Gasteiger partial charge on any atom is 0.303 e. The van der Waals surface area contributed by atoms with E-state index in [9.17, 15) is 25.3 Å². The van der Waals surface area contributed by atoms with Gasteiger partial charge in [0.15, 0.2) is 5.69 Å². The van der Waals surface area contributed by atoms with Crippen LogP contribution in [-0.2, 0) is 22.7 Å². The fraction of sp³-hybridized carbons (Fsp3) is 0.250. The first-order chi connectivity index (χ1) is 12.9. The first-order valence-corrected chi connectivity index (χ1v) is 7.54. The summed E-state index contributed by atoms with van der Waals surface area (Å²) in [6.07, 6.45) is 0. The Morgan fingerprint density at radius 2 is 1.56 bits per heavy atom. The third-order valence-corrected chi connectivity index (χ3v) is 3.49. The molecule has 0 amide bonds. The highest BCUT2D eigenvalue weighted by atomic mass is 16.6. The summed E-state index contributed by atoms with van der Waals surface area (Å²) in [5.74, 6) is -0.000957. The van der Waals surface area contributed by atoms with Gasteiger partial charge in [0, 0.05) is 31.4 Å². The van der Waals surface area contributed by atoms with Gasteiger partial charge < -0.3 is 14.6 Å². The molecule has 2 rings (SSSR count). The van der Waals surface area contributed by atoms with E-state index in [1.165, 1.54) is 26.4 Å². The number of azo groups is 1. The molecule has 0 unspecified atom stereocenters. The number of methoxy groups -OCH3 is 2. The molecule has 0 heterocycles. The van der Waals surface area contributed by atoms with Gasteiger partial charge in [0.2, 0.25) is 0 Å². The van der Waals surface area contributed by atoms with E-state index >= 15 is 0 Å². The van der Waals surface area contributed by atoms with Gasteiger partial charge in [0.05, 0.1) is 34.8 Å². The first-order valence-electron chi connectivity index (χ1n) is 7.54. The van der Waals surface area contributed by atoms with Crippen molar-refractivity contribution in [3.8, 4) is 5.75 Å². The Morgan fingerprint density at radius 1 is 0.963 bits per heavy atom. The lowest BCUT2D eigenvalue weighted by Crippen LogP contribution is -1.95. The summed E-state index contributed by atoms with van der Waals surface area (Å²) in [5.41, 5.74) is 0.0919. The third-order valence-electron chi connectivity index (χ3n) is 3.49. The lowest BCUT2D eigenvalue weighted by atomic mass is 10.1. The monoisotopic (exact) mass is 376 g/mol. The highest BCUT2D eigenvalue weighted by molar-refractivity contribution is 5.62. The zero-order valence-corrected chi connectivity index (χ0v) is 14.5. The number of phenols is 1. The predicted molar refractivity (Wildman–Crippen MR) is 93.5 cm³/mol. The third kappa shape index (κ3) is 4.80. The molecule has 27 heavy (non-hydrogen) atoms. The number of hydrogen-bond acceptors (Lipinski definition) is 9. The number of benzene rings is 2. The van der Waals surface area contributed by atoms with Crippen LogP contribution in [0.3, 0.4) is 0 Å². The number of hydrogen-bond donors (Lipinski definition) is 1. The number of phenolic OH excluding ortho intramolecular Hbond substituents is 1. The molecule has 0 aliphatic carbocycles. The average molecular weight is 376 g/mol. The molecule has 0 radical (unpaired) electrons.